The van der Waals surface area contributed by atoms with Crippen molar-refractivity contribution in [1.82, 2.24) is 0 Å². The number of rotatable bonds is 10. The van der Waals surface area contributed by atoms with Gasteiger partial charge in [-0.15, -0.1) is 0 Å². The molecule has 0 spiro atoms. The van der Waals surface area contributed by atoms with Gasteiger partial charge in [0.15, 0.2) is 0 Å². The van der Waals surface area contributed by atoms with Crippen LogP contribution < -0.4 is 0 Å². The fourth-order valence-corrected chi connectivity index (χ4v) is 1.90. The number of aryl methyl sites for hydroxylation is 1. The second-order valence-electron chi connectivity index (χ2n) is 4.78. The van der Waals surface area contributed by atoms with Crippen LogP contribution in [0.5, 0.6) is 0 Å². The maximum absolute atomic E-state index is 10.7. The molecule has 0 radical (unpaired) electrons. The van der Waals surface area contributed by atoms with Gasteiger partial charge in [-0.2, -0.15) is 0 Å². The van der Waals surface area contributed by atoms with Crippen LogP contribution in [-0.4, -0.2) is 24.3 Å². The van der Waals surface area contributed by atoms with E-state index in [9.17, 15) is 4.79 Å². The summed E-state index contributed by atoms with van der Waals surface area (Å²) in [6, 6.07) is 7.12. The van der Waals surface area contributed by atoms with Crippen LogP contribution in [0.25, 0.3) is 0 Å². The van der Waals surface area contributed by atoms with Crippen LogP contribution in [0, 0.1) is 0 Å². The molecular formula is C16H24O3. The first-order chi connectivity index (χ1) is 9.24. The molecule has 0 saturated carbocycles. The third-order valence-corrected chi connectivity index (χ3v) is 3.10. The number of carboxylic acids is 1. The normalized spacial score (nSPS) is 10.6. The number of hydrogen-bond donors (Lipinski definition) is 1. The molecule has 0 aliphatic rings. The van der Waals surface area contributed by atoms with E-state index < -0.39 is 5.97 Å². The second kappa shape index (κ2) is 9.56. The van der Waals surface area contributed by atoms with Gasteiger partial charge in [-0.1, -0.05) is 31.9 Å². The molecule has 0 fully saturated rings. The average molecular weight is 264 g/mol. The lowest BCUT2D eigenvalue weighted by Crippen LogP contribution is -1.98. The summed E-state index contributed by atoms with van der Waals surface area (Å²) in [5.74, 6) is -0.868. The molecule has 0 heterocycles. The molecule has 0 aliphatic carbocycles. The number of benzene rings is 1. The van der Waals surface area contributed by atoms with Crippen molar-refractivity contribution in [3.63, 3.8) is 0 Å². The molecule has 0 saturated heterocycles. The Kier molecular flexibility index (Phi) is 7.91. The zero-order chi connectivity index (χ0) is 13.9. The molecule has 1 rings (SSSR count). The summed E-state index contributed by atoms with van der Waals surface area (Å²) in [6.07, 6.45) is 6.77. The van der Waals surface area contributed by atoms with Crippen LogP contribution in [0.4, 0.5) is 0 Å². The van der Waals surface area contributed by atoms with Crippen LogP contribution in [-0.2, 0) is 11.2 Å². The summed E-state index contributed by atoms with van der Waals surface area (Å²) in [6.45, 7) is 3.90. The first-order valence-electron chi connectivity index (χ1n) is 7.14. The molecular weight excluding hydrogens is 240 g/mol. The highest BCUT2D eigenvalue weighted by Crippen LogP contribution is 2.08. The van der Waals surface area contributed by atoms with Gasteiger partial charge in [-0.3, -0.25) is 0 Å². The van der Waals surface area contributed by atoms with Crippen molar-refractivity contribution in [2.24, 2.45) is 0 Å². The minimum Gasteiger partial charge on any atom is -0.478 e. The minimum atomic E-state index is -0.868. The van der Waals surface area contributed by atoms with Crippen molar-refractivity contribution in [2.45, 2.75) is 45.4 Å². The average Bonchev–Trinajstić information content (AvgIpc) is 2.42. The zero-order valence-electron chi connectivity index (χ0n) is 11.7. The van der Waals surface area contributed by atoms with E-state index in [4.69, 9.17) is 9.84 Å². The number of hydrogen-bond acceptors (Lipinski definition) is 2. The topological polar surface area (TPSA) is 46.5 Å². The fourth-order valence-electron chi connectivity index (χ4n) is 1.90. The molecule has 0 bridgehead atoms. The van der Waals surface area contributed by atoms with Gasteiger partial charge in [0, 0.05) is 13.2 Å². The quantitative estimate of drug-likeness (QED) is 0.652. The van der Waals surface area contributed by atoms with Gasteiger partial charge < -0.3 is 9.84 Å². The van der Waals surface area contributed by atoms with Crippen molar-refractivity contribution < 1.29 is 14.6 Å². The van der Waals surface area contributed by atoms with Crippen LogP contribution in [0.2, 0.25) is 0 Å². The Morgan fingerprint density at radius 3 is 2.26 bits per heavy atom. The fraction of sp³-hybridized carbons (Fsp3) is 0.562. The Hall–Kier alpha value is -1.35. The predicted octanol–water partition coefficient (Wildman–Crippen LogP) is 3.91. The molecule has 0 amide bonds. The lowest BCUT2D eigenvalue weighted by atomic mass is 10.1. The molecule has 3 heteroatoms. The van der Waals surface area contributed by atoms with Gasteiger partial charge in [-0.25, -0.2) is 4.79 Å². The van der Waals surface area contributed by atoms with Crippen LogP contribution in [0.3, 0.4) is 0 Å². The summed E-state index contributed by atoms with van der Waals surface area (Å²) in [7, 11) is 0. The van der Waals surface area contributed by atoms with Gasteiger partial charge in [0.25, 0.3) is 0 Å². The lowest BCUT2D eigenvalue weighted by Gasteiger charge is -2.04. The highest BCUT2D eigenvalue weighted by Gasteiger charge is 2.01. The first kappa shape index (κ1) is 15.7. The van der Waals surface area contributed by atoms with E-state index in [-0.39, 0.29) is 0 Å². The molecule has 0 aliphatic heterocycles. The standard InChI is InChI=1S/C16H24O3/c1-2-3-5-12-19-13-6-4-7-14-8-10-15(11-9-14)16(17)18/h8-11H,2-7,12-13H2,1H3,(H,17,18). The Labute approximate surface area is 115 Å². The maximum Gasteiger partial charge on any atom is 0.335 e. The van der Waals surface area contributed by atoms with E-state index in [2.05, 4.69) is 6.92 Å². The van der Waals surface area contributed by atoms with Crippen molar-refractivity contribution in [3.05, 3.63) is 35.4 Å². The van der Waals surface area contributed by atoms with Gasteiger partial charge in [0.2, 0.25) is 0 Å². The van der Waals surface area contributed by atoms with Crippen LogP contribution in [0.15, 0.2) is 24.3 Å². The summed E-state index contributed by atoms with van der Waals surface area (Å²) in [5.41, 5.74) is 1.54. The number of carbonyl (C=O) groups is 1. The van der Waals surface area contributed by atoms with Crippen molar-refractivity contribution in [1.29, 1.82) is 0 Å². The molecule has 1 aromatic carbocycles. The van der Waals surface area contributed by atoms with Crippen molar-refractivity contribution >= 4 is 5.97 Å². The molecule has 3 nitrogen and oxygen atoms in total. The lowest BCUT2D eigenvalue weighted by molar-refractivity contribution is 0.0697. The molecule has 0 aromatic heterocycles. The summed E-state index contributed by atoms with van der Waals surface area (Å²) < 4.78 is 5.55. The maximum atomic E-state index is 10.7. The third kappa shape index (κ3) is 6.97. The number of unbranched alkanes of at least 4 members (excludes halogenated alkanes) is 3. The number of ether oxygens (including phenoxy) is 1. The van der Waals surface area contributed by atoms with Crippen LogP contribution >= 0.6 is 0 Å². The Bertz CT molecular complexity index is 357. The first-order valence-corrected chi connectivity index (χ1v) is 7.14. The van der Waals surface area contributed by atoms with Crippen molar-refractivity contribution in [2.75, 3.05) is 13.2 Å². The zero-order valence-corrected chi connectivity index (χ0v) is 11.7. The molecule has 1 N–H and O–H groups in total. The van der Waals surface area contributed by atoms with E-state index in [1.165, 1.54) is 18.4 Å². The monoisotopic (exact) mass is 264 g/mol. The summed E-state index contributed by atoms with van der Waals surface area (Å²) >= 11 is 0. The molecule has 0 atom stereocenters. The number of aromatic carboxylic acids is 1. The Morgan fingerprint density at radius 2 is 1.68 bits per heavy atom. The largest absolute Gasteiger partial charge is 0.478 e. The number of carboxylic acid groups (broad SMARTS) is 1. The predicted molar refractivity (Wildman–Crippen MR) is 76.7 cm³/mol. The van der Waals surface area contributed by atoms with E-state index in [0.717, 1.165) is 38.9 Å². The van der Waals surface area contributed by atoms with E-state index >= 15 is 0 Å². The van der Waals surface area contributed by atoms with Gasteiger partial charge in [0.1, 0.15) is 0 Å². The summed E-state index contributed by atoms with van der Waals surface area (Å²) in [4.78, 5) is 10.7. The third-order valence-electron chi connectivity index (χ3n) is 3.10. The molecule has 106 valence electrons. The van der Waals surface area contributed by atoms with Gasteiger partial charge >= 0.3 is 5.97 Å². The molecule has 19 heavy (non-hydrogen) atoms. The smallest absolute Gasteiger partial charge is 0.335 e. The molecule has 0 unspecified atom stereocenters. The highest BCUT2D eigenvalue weighted by atomic mass is 16.5. The van der Waals surface area contributed by atoms with E-state index in [0.29, 0.717) is 5.56 Å². The SMILES string of the molecule is CCCCCOCCCCc1ccc(C(=O)O)cc1. The highest BCUT2D eigenvalue weighted by molar-refractivity contribution is 5.87. The van der Waals surface area contributed by atoms with Crippen LogP contribution in [0.1, 0.15) is 54.9 Å². The Morgan fingerprint density at radius 1 is 1.05 bits per heavy atom. The second-order valence-corrected chi connectivity index (χ2v) is 4.78. The minimum absolute atomic E-state index is 0.350. The van der Waals surface area contributed by atoms with Crippen molar-refractivity contribution in [3.8, 4) is 0 Å². The summed E-state index contributed by atoms with van der Waals surface area (Å²) in [5, 5.41) is 8.79. The Balaban J connectivity index is 2.07. The van der Waals surface area contributed by atoms with E-state index in [1.807, 2.05) is 12.1 Å². The van der Waals surface area contributed by atoms with E-state index in [1.54, 1.807) is 12.1 Å². The molecule has 1 aromatic rings. The van der Waals surface area contributed by atoms with Gasteiger partial charge in [0.05, 0.1) is 5.56 Å². The van der Waals surface area contributed by atoms with Gasteiger partial charge in [-0.05, 0) is 43.4 Å².